The first-order chi connectivity index (χ1) is 6.09. The van der Waals surface area contributed by atoms with E-state index in [0.717, 1.165) is 0 Å². The summed E-state index contributed by atoms with van der Waals surface area (Å²) in [7, 11) is 3.70. The number of rotatable bonds is 3. The average molecular weight is 203 g/mol. The van der Waals surface area contributed by atoms with Crippen LogP contribution in [0.25, 0.3) is 0 Å². The van der Waals surface area contributed by atoms with Crippen molar-refractivity contribution in [3.05, 3.63) is 34.6 Å². The fourth-order valence-corrected chi connectivity index (χ4v) is 1.12. The minimum absolute atomic E-state index is 0.237. The van der Waals surface area contributed by atoms with E-state index < -0.39 is 0 Å². The van der Waals surface area contributed by atoms with Gasteiger partial charge in [-0.25, -0.2) is 4.39 Å². The Morgan fingerprint density at radius 3 is 2.77 bits per heavy atom. The minimum atomic E-state index is -0.237. The van der Waals surface area contributed by atoms with Gasteiger partial charge < -0.3 is 0 Å². The summed E-state index contributed by atoms with van der Waals surface area (Å²) in [5.41, 5.74) is 3.54. The molecule has 0 aliphatic carbocycles. The molecule has 72 valence electrons. The molecule has 1 aromatic carbocycles. The summed E-state index contributed by atoms with van der Waals surface area (Å²) in [6.45, 7) is 0.444. The zero-order valence-electron chi connectivity index (χ0n) is 7.64. The number of nitrogens with zero attached hydrogens (tertiary/aromatic N) is 1. The molecular formula is C9H12ClFN2. The Balaban J connectivity index is 2.70. The smallest absolute Gasteiger partial charge is 0.127 e. The zero-order chi connectivity index (χ0) is 9.84. The van der Waals surface area contributed by atoms with Crippen molar-refractivity contribution in [3.63, 3.8) is 0 Å². The average Bonchev–Trinajstić information content (AvgIpc) is 2.06. The number of halogens is 2. The predicted molar refractivity (Wildman–Crippen MR) is 51.9 cm³/mol. The van der Waals surface area contributed by atoms with E-state index in [-0.39, 0.29) is 5.82 Å². The zero-order valence-corrected chi connectivity index (χ0v) is 8.40. The lowest BCUT2D eigenvalue weighted by molar-refractivity contribution is 0.283. The second-order valence-electron chi connectivity index (χ2n) is 2.97. The fraction of sp³-hybridized carbons (Fsp3) is 0.333. The van der Waals surface area contributed by atoms with E-state index in [4.69, 9.17) is 11.6 Å². The molecule has 0 fully saturated rings. The second-order valence-corrected chi connectivity index (χ2v) is 3.40. The largest absolute Gasteiger partial charge is 0.251 e. The van der Waals surface area contributed by atoms with Crippen LogP contribution in [0.15, 0.2) is 18.2 Å². The van der Waals surface area contributed by atoms with Crippen molar-refractivity contribution >= 4 is 11.6 Å². The molecular weight excluding hydrogens is 191 g/mol. The van der Waals surface area contributed by atoms with E-state index in [1.165, 1.54) is 12.1 Å². The Morgan fingerprint density at radius 1 is 1.46 bits per heavy atom. The first kappa shape index (κ1) is 10.4. The summed E-state index contributed by atoms with van der Waals surface area (Å²) >= 11 is 5.72. The molecule has 0 amide bonds. The van der Waals surface area contributed by atoms with E-state index in [9.17, 15) is 4.39 Å². The molecule has 0 unspecified atom stereocenters. The minimum Gasteiger partial charge on any atom is -0.251 e. The van der Waals surface area contributed by atoms with E-state index in [2.05, 4.69) is 5.43 Å². The standard InChI is InChI=1S/C9H12ClFN2/c1-13(2)12-6-7-5-8(10)3-4-9(7)11/h3-5,12H,6H2,1-2H3. The van der Waals surface area contributed by atoms with Crippen LogP contribution in [0, 0.1) is 5.82 Å². The van der Waals surface area contributed by atoms with Crippen molar-refractivity contribution in [1.29, 1.82) is 0 Å². The second kappa shape index (κ2) is 4.56. The normalized spacial score (nSPS) is 10.8. The summed E-state index contributed by atoms with van der Waals surface area (Å²) in [6.07, 6.45) is 0. The maximum Gasteiger partial charge on any atom is 0.127 e. The van der Waals surface area contributed by atoms with Crippen LogP contribution in [0.4, 0.5) is 4.39 Å². The molecule has 1 rings (SSSR count). The Hall–Kier alpha value is -0.640. The van der Waals surface area contributed by atoms with Crippen LogP contribution in [-0.4, -0.2) is 19.1 Å². The van der Waals surface area contributed by atoms with E-state index in [0.29, 0.717) is 17.1 Å². The van der Waals surface area contributed by atoms with Crippen LogP contribution in [0.5, 0.6) is 0 Å². The van der Waals surface area contributed by atoms with Crippen molar-refractivity contribution in [2.75, 3.05) is 14.1 Å². The number of hydrogen-bond donors (Lipinski definition) is 1. The number of nitrogens with one attached hydrogen (secondary N) is 1. The maximum absolute atomic E-state index is 13.1. The number of benzene rings is 1. The SMILES string of the molecule is CN(C)NCc1cc(Cl)ccc1F. The van der Waals surface area contributed by atoms with Crippen LogP contribution in [0.3, 0.4) is 0 Å². The molecule has 0 atom stereocenters. The molecule has 0 radical (unpaired) electrons. The molecule has 0 bridgehead atoms. The van der Waals surface area contributed by atoms with E-state index in [1.807, 2.05) is 14.1 Å². The lowest BCUT2D eigenvalue weighted by atomic mass is 10.2. The van der Waals surface area contributed by atoms with Gasteiger partial charge in [-0.1, -0.05) is 11.6 Å². The molecule has 0 saturated carbocycles. The molecule has 0 aliphatic rings. The molecule has 0 aromatic heterocycles. The predicted octanol–water partition coefficient (Wildman–Crippen LogP) is 2.05. The van der Waals surface area contributed by atoms with E-state index >= 15 is 0 Å². The summed E-state index contributed by atoms with van der Waals surface area (Å²) in [6, 6.07) is 4.53. The molecule has 13 heavy (non-hydrogen) atoms. The van der Waals surface area contributed by atoms with Gasteiger partial charge in [0.05, 0.1) is 0 Å². The Labute approximate surface area is 82.3 Å². The van der Waals surface area contributed by atoms with Gasteiger partial charge in [-0.2, -0.15) is 0 Å². The van der Waals surface area contributed by atoms with Crippen molar-refractivity contribution in [2.45, 2.75) is 6.54 Å². The highest BCUT2D eigenvalue weighted by Crippen LogP contribution is 2.14. The van der Waals surface area contributed by atoms with Crippen LogP contribution in [0.1, 0.15) is 5.56 Å². The molecule has 4 heteroatoms. The Bertz CT molecular complexity index is 289. The highest BCUT2D eigenvalue weighted by Gasteiger charge is 2.02. The molecule has 2 nitrogen and oxygen atoms in total. The van der Waals surface area contributed by atoms with Gasteiger partial charge in [0.25, 0.3) is 0 Å². The first-order valence-electron chi connectivity index (χ1n) is 3.94. The monoisotopic (exact) mass is 202 g/mol. The molecule has 0 saturated heterocycles. The third-order valence-electron chi connectivity index (χ3n) is 1.59. The summed E-state index contributed by atoms with van der Waals surface area (Å²) < 4.78 is 13.1. The van der Waals surface area contributed by atoms with Gasteiger partial charge in [0, 0.05) is 31.2 Å². The van der Waals surface area contributed by atoms with Gasteiger partial charge in [0.2, 0.25) is 0 Å². The van der Waals surface area contributed by atoms with Gasteiger partial charge in [-0.05, 0) is 18.2 Å². The Kier molecular flexibility index (Phi) is 3.66. The molecule has 0 heterocycles. The van der Waals surface area contributed by atoms with Gasteiger partial charge in [-0.3, -0.25) is 10.4 Å². The molecule has 1 aromatic rings. The number of hydrogen-bond acceptors (Lipinski definition) is 2. The fourth-order valence-electron chi connectivity index (χ4n) is 0.922. The van der Waals surface area contributed by atoms with Crippen molar-refractivity contribution in [1.82, 2.24) is 10.4 Å². The molecule has 1 N–H and O–H groups in total. The summed E-state index contributed by atoms with van der Waals surface area (Å²) in [4.78, 5) is 0. The highest BCUT2D eigenvalue weighted by molar-refractivity contribution is 6.30. The van der Waals surface area contributed by atoms with Crippen LogP contribution < -0.4 is 5.43 Å². The molecule has 0 aliphatic heterocycles. The third-order valence-corrected chi connectivity index (χ3v) is 1.83. The molecule has 0 spiro atoms. The van der Waals surface area contributed by atoms with Crippen LogP contribution >= 0.6 is 11.6 Å². The van der Waals surface area contributed by atoms with E-state index in [1.54, 1.807) is 11.1 Å². The van der Waals surface area contributed by atoms with Crippen LogP contribution in [-0.2, 0) is 6.54 Å². The quantitative estimate of drug-likeness (QED) is 0.755. The van der Waals surface area contributed by atoms with Gasteiger partial charge >= 0.3 is 0 Å². The summed E-state index contributed by atoms with van der Waals surface area (Å²) in [5.74, 6) is -0.237. The van der Waals surface area contributed by atoms with Gasteiger partial charge in [0.1, 0.15) is 5.82 Å². The lowest BCUT2D eigenvalue weighted by Crippen LogP contribution is -2.29. The van der Waals surface area contributed by atoms with Crippen molar-refractivity contribution < 1.29 is 4.39 Å². The van der Waals surface area contributed by atoms with Crippen LogP contribution in [0.2, 0.25) is 5.02 Å². The van der Waals surface area contributed by atoms with Gasteiger partial charge in [0.15, 0.2) is 0 Å². The third kappa shape index (κ3) is 3.30. The maximum atomic E-state index is 13.1. The topological polar surface area (TPSA) is 15.3 Å². The number of hydrazine groups is 1. The van der Waals surface area contributed by atoms with Gasteiger partial charge in [-0.15, -0.1) is 0 Å². The summed E-state index contributed by atoms with van der Waals surface area (Å²) in [5, 5.41) is 2.32. The lowest BCUT2D eigenvalue weighted by Gasteiger charge is -2.12. The van der Waals surface area contributed by atoms with Crippen molar-refractivity contribution in [2.24, 2.45) is 0 Å². The highest BCUT2D eigenvalue weighted by atomic mass is 35.5. The Morgan fingerprint density at radius 2 is 2.15 bits per heavy atom. The first-order valence-corrected chi connectivity index (χ1v) is 4.32. The van der Waals surface area contributed by atoms with Crippen molar-refractivity contribution in [3.8, 4) is 0 Å².